The molecule has 0 spiro atoms. The fourth-order valence-corrected chi connectivity index (χ4v) is 1.26. The van der Waals surface area contributed by atoms with Crippen molar-refractivity contribution in [3.05, 3.63) is 29.8 Å². The third kappa shape index (κ3) is 2.27. The van der Waals surface area contributed by atoms with E-state index < -0.39 is 35.3 Å². The van der Waals surface area contributed by atoms with Crippen LogP contribution < -0.4 is 0 Å². The zero-order chi connectivity index (χ0) is 16.0. The quantitative estimate of drug-likeness (QED) is 0.824. The molecule has 20 heavy (non-hydrogen) atoms. The lowest BCUT2D eigenvalue weighted by molar-refractivity contribution is -0.399. The fourth-order valence-electron chi connectivity index (χ4n) is 1.26. The highest BCUT2D eigenvalue weighted by Gasteiger charge is 2.82. The van der Waals surface area contributed by atoms with E-state index in [4.69, 9.17) is 5.11 Å². The van der Waals surface area contributed by atoms with Crippen molar-refractivity contribution in [3.8, 4) is 5.75 Å². The highest BCUT2D eigenvalue weighted by Crippen LogP contribution is 2.56. The minimum atomic E-state index is -6.95. The average Bonchev–Trinajstić information content (AvgIpc) is 2.26. The number of aromatic hydroxyl groups is 1. The van der Waals surface area contributed by atoms with Crippen molar-refractivity contribution in [2.45, 2.75) is 23.9 Å². The van der Waals surface area contributed by atoms with E-state index in [0.29, 0.717) is 6.07 Å². The van der Waals surface area contributed by atoms with Crippen molar-refractivity contribution in [2.75, 3.05) is 0 Å². The van der Waals surface area contributed by atoms with E-state index in [1.807, 2.05) is 0 Å². The summed E-state index contributed by atoms with van der Waals surface area (Å²) in [6.07, 6.45) is -6.86. The van der Waals surface area contributed by atoms with Crippen molar-refractivity contribution >= 4 is 0 Å². The Morgan fingerprint density at radius 3 is 1.65 bits per heavy atom. The van der Waals surface area contributed by atoms with Crippen LogP contribution in [0.5, 0.6) is 5.75 Å². The summed E-state index contributed by atoms with van der Waals surface area (Å²) in [5, 5.41) is 8.82. The van der Waals surface area contributed by atoms with Crippen LogP contribution in [0.4, 0.5) is 39.5 Å². The Morgan fingerprint density at radius 2 is 1.25 bits per heavy atom. The Kier molecular flexibility index (Phi) is 3.66. The van der Waals surface area contributed by atoms with Crippen LogP contribution in [0.15, 0.2) is 24.3 Å². The Balaban J connectivity index is 3.39. The molecule has 0 aliphatic rings. The maximum absolute atomic E-state index is 13.3. The summed E-state index contributed by atoms with van der Waals surface area (Å²) in [5.41, 5.74) is -1.87. The van der Waals surface area contributed by atoms with Crippen molar-refractivity contribution < 1.29 is 44.6 Å². The molecule has 0 heterocycles. The number of benzene rings is 1. The van der Waals surface area contributed by atoms with Crippen LogP contribution in [0.1, 0.15) is 5.56 Å². The molecule has 0 saturated carbocycles. The summed E-state index contributed by atoms with van der Waals surface area (Å²) in [4.78, 5) is 0. The van der Waals surface area contributed by atoms with E-state index >= 15 is 0 Å². The molecule has 1 aromatic carbocycles. The van der Waals surface area contributed by atoms with Gasteiger partial charge in [0, 0.05) is 5.56 Å². The number of phenols is 1. The summed E-state index contributed by atoms with van der Waals surface area (Å²) in [5.74, 6) is -20.5. The number of rotatable bonds is 3. The van der Waals surface area contributed by atoms with E-state index in [2.05, 4.69) is 0 Å². The maximum Gasteiger partial charge on any atom is 0.460 e. The van der Waals surface area contributed by atoms with E-state index in [-0.39, 0.29) is 12.1 Å². The van der Waals surface area contributed by atoms with Gasteiger partial charge in [0.2, 0.25) is 0 Å². The van der Waals surface area contributed by atoms with Crippen molar-refractivity contribution in [2.24, 2.45) is 0 Å². The minimum absolute atomic E-state index is 0.0274. The van der Waals surface area contributed by atoms with Crippen LogP contribution in [-0.4, -0.2) is 23.1 Å². The van der Waals surface area contributed by atoms with Crippen molar-refractivity contribution in [1.29, 1.82) is 0 Å². The molecular formula is C10H5F9O. The summed E-state index contributed by atoms with van der Waals surface area (Å²) in [6, 6.07) is 1.51. The standard InChI is InChI=1S/C10H5F9O/c11-7(12,5-2-1-3-6(20)4-5)8(13,14)9(15,16)10(17,18)19/h1-4,20H. The van der Waals surface area contributed by atoms with Gasteiger partial charge in [0.15, 0.2) is 0 Å². The molecule has 0 aliphatic heterocycles. The van der Waals surface area contributed by atoms with Crippen LogP contribution in [0.2, 0.25) is 0 Å². The molecule has 0 bridgehead atoms. The largest absolute Gasteiger partial charge is 0.508 e. The lowest BCUT2D eigenvalue weighted by atomic mass is 9.96. The topological polar surface area (TPSA) is 20.2 Å². The third-order valence-electron chi connectivity index (χ3n) is 2.35. The van der Waals surface area contributed by atoms with Crippen LogP contribution in [0.25, 0.3) is 0 Å². The SMILES string of the molecule is Oc1cccc(C(F)(F)C(F)(F)C(F)(F)C(F)(F)F)c1. The van der Waals surface area contributed by atoms with Gasteiger partial charge in [-0.1, -0.05) is 12.1 Å². The van der Waals surface area contributed by atoms with E-state index in [9.17, 15) is 39.5 Å². The van der Waals surface area contributed by atoms with Gasteiger partial charge in [-0.05, 0) is 12.1 Å². The Labute approximate surface area is 105 Å². The van der Waals surface area contributed by atoms with E-state index in [1.165, 1.54) is 0 Å². The summed E-state index contributed by atoms with van der Waals surface area (Å²) >= 11 is 0. The van der Waals surface area contributed by atoms with Gasteiger partial charge in [0.1, 0.15) is 5.75 Å². The summed E-state index contributed by atoms with van der Waals surface area (Å²) in [6.45, 7) is 0. The minimum Gasteiger partial charge on any atom is -0.508 e. The third-order valence-corrected chi connectivity index (χ3v) is 2.35. The zero-order valence-electron chi connectivity index (χ0n) is 9.16. The second-order valence-electron chi connectivity index (χ2n) is 3.77. The normalized spacial score (nSPS) is 14.4. The number of halogens is 9. The van der Waals surface area contributed by atoms with E-state index in [0.717, 1.165) is 6.07 Å². The first-order chi connectivity index (χ1) is 8.75. The Hall–Kier alpha value is -1.61. The summed E-state index contributed by atoms with van der Waals surface area (Å²) in [7, 11) is 0. The average molecular weight is 312 g/mol. The fraction of sp³-hybridized carbons (Fsp3) is 0.400. The Bertz CT molecular complexity index is 492. The molecule has 0 unspecified atom stereocenters. The zero-order valence-corrected chi connectivity index (χ0v) is 9.16. The first-order valence-corrected chi connectivity index (χ1v) is 4.75. The Morgan fingerprint density at radius 1 is 0.750 bits per heavy atom. The molecule has 1 nitrogen and oxygen atoms in total. The van der Waals surface area contributed by atoms with Gasteiger partial charge < -0.3 is 5.11 Å². The van der Waals surface area contributed by atoms with Crippen LogP contribution in [0, 0.1) is 0 Å². The van der Waals surface area contributed by atoms with Crippen molar-refractivity contribution in [3.63, 3.8) is 0 Å². The molecule has 0 saturated heterocycles. The highest BCUT2D eigenvalue weighted by atomic mass is 19.4. The second kappa shape index (κ2) is 4.45. The van der Waals surface area contributed by atoms with Gasteiger partial charge in [-0.2, -0.15) is 39.5 Å². The lowest BCUT2D eigenvalue weighted by Gasteiger charge is -2.33. The van der Waals surface area contributed by atoms with Gasteiger partial charge >= 0.3 is 23.9 Å². The van der Waals surface area contributed by atoms with Gasteiger partial charge in [0.05, 0.1) is 0 Å². The van der Waals surface area contributed by atoms with Crippen LogP contribution in [0.3, 0.4) is 0 Å². The molecule has 1 N–H and O–H groups in total. The van der Waals surface area contributed by atoms with E-state index in [1.54, 1.807) is 0 Å². The highest BCUT2D eigenvalue weighted by molar-refractivity contribution is 5.32. The first-order valence-electron chi connectivity index (χ1n) is 4.75. The van der Waals surface area contributed by atoms with Gasteiger partial charge in [-0.15, -0.1) is 0 Å². The summed E-state index contributed by atoms with van der Waals surface area (Å²) < 4.78 is 113. The molecule has 0 fully saturated rings. The molecule has 10 heteroatoms. The number of hydrogen-bond donors (Lipinski definition) is 1. The maximum atomic E-state index is 13.3. The molecule has 0 aromatic heterocycles. The van der Waals surface area contributed by atoms with Crippen molar-refractivity contribution in [1.82, 2.24) is 0 Å². The van der Waals surface area contributed by atoms with Gasteiger partial charge in [-0.3, -0.25) is 0 Å². The number of phenolic OH excluding ortho intramolecular Hbond substituents is 1. The first kappa shape index (κ1) is 16.4. The smallest absolute Gasteiger partial charge is 0.460 e. The molecule has 0 aliphatic carbocycles. The van der Waals surface area contributed by atoms with Gasteiger partial charge in [0.25, 0.3) is 0 Å². The molecule has 1 rings (SSSR count). The predicted molar refractivity (Wildman–Crippen MR) is 47.9 cm³/mol. The molecule has 0 atom stereocenters. The molecule has 0 radical (unpaired) electrons. The number of hydrogen-bond acceptors (Lipinski definition) is 1. The van der Waals surface area contributed by atoms with Crippen LogP contribution >= 0.6 is 0 Å². The lowest BCUT2D eigenvalue weighted by Crippen LogP contribution is -2.59. The van der Waals surface area contributed by atoms with Crippen LogP contribution in [-0.2, 0) is 5.92 Å². The second-order valence-corrected chi connectivity index (χ2v) is 3.77. The number of alkyl halides is 9. The molecule has 114 valence electrons. The van der Waals surface area contributed by atoms with Gasteiger partial charge in [-0.25, -0.2) is 0 Å². The monoisotopic (exact) mass is 312 g/mol. The molecular weight excluding hydrogens is 307 g/mol. The predicted octanol–water partition coefficient (Wildman–Crippen LogP) is 4.32. The molecule has 1 aromatic rings. The molecule has 0 amide bonds.